The second-order valence-corrected chi connectivity index (χ2v) is 5.27. The van der Waals surface area contributed by atoms with Crippen molar-refractivity contribution in [3.05, 3.63) is 56.9 Å². The Kier molecular flexibility index (Phi) is 4.80. The monoisotopic (exact) mass is 350 g/mol. The normalized spacial score (nSPS) is 10.2. The summed E-state index contributed by atoms with van der Waals surface area (Å²) < 4.78 is 5.72. The smallest absolute Gasteiger partial charge is 0.338 e. The second kappa shape index (κ2) is 6.58. The number of H-pyrrole nitrogens is 1. The van der Waals surface area contributed by atoms with Crippen molar-refractivity contribution in [3.63, 3.8) is 0 Å². The van der Waals surface area contributed by atoms with Gasteiger partial charge < -0.3 is 14.6 Å². The van der Waals surface area contributed by atoms with Gasteiger partial charge in [-0.1, -0.05) is 0 Å². The van der Waals surface area contributed by atoms with Gasteiger partial charge in [-0.05, 0) is 53.2 Å². The Balaban J connectivity index is 2.28. The number of anilines is 2. The van der Waals surface area contributed by atoms with Crippen LogP contribution in [0, 0.1) is 0 Å². The highest BCUT2D eigenvalue weighted by Crippen LogP contribution is 2.23. The van der Waals surface area contributed by atoms with E-state index in [1.807, 2.05) is 0 Å². The van der Waals surface area contributed by atoms with E-state index in [-0.39, 0.29) is 11.5 Å². The minimum Gasteiger partial charge on any atom is -0.462 e. The van der Waals surface area contributed by atoms with Gasteiger partial charge in [-0.25, -0.2) is 4.79 Å². The summed E-state index contributed by atoms with van der Waals surface area (Å²) in [6, 6.07) is 8.63. The van der Waals surface area contributed by atoms with Crippen LogP contribution in [0.15, 0.2) is 45.8 Å². The largest absolute Gasteiger partial charge is 0.462 e. The SMILES string of the molecule is CCOC(=O)c1ccc(N(C)c2cc(Br)c[nH]c2=O)cc1. The molecule has 110 valence electrons. The number of carbonyl (C=O) groups is 1. The Morgan fingerprint density at radius 2 is 2.00 bits per heavy atom. The van der Waals surface area contributed by atoms with Crippen molar-refractivity contribution in [1.82, 2.24) is 4.98 Å². The van der Waals surface area contributed by atoms with Gasteiger partial charge in [0.25, 0.3) is 5.56 Å². The lowest BCUT2D eigenvalue weighted by molar-refractivity contribution is 0.0526. The molecule has 21 heavy (non-hydrogen) atoms. The molecule has 1 aromatic carbocycles. The maximum atomic E-state index is 11.9. The maximum absolute atomic E-state index is 11.9. The van der Waals surface area contributed by atoms with Crippen LogP contribution in [0.1, 0.15) is 17.3 Å². The van der Waals surface area contributed by atoms with Crippen LogP contribution >= 0.6 is 15.9 Å². The minimum absolute atomic E-state index is 0.185. The van der Waals surface area contributed by atoms with E-state index in [0.717, 1.165) is 10.2 Å². The zero-order chi connectivity index (χ0) is 15.4. The zero-order valence-corrected chi connectivity index (χ0v) is 13.3. The van der Waals surface area contributed by atoms with Gasteiger partial charge in [-0.2, -0.15) is 0 Å². The molecule has 0 radical (unpaired) electrons. The topological polar surface area (TPSA) is 62.4 Å². The van der Waals surface area contributed by atoms with Crippen molar-refractivity contribution < 1.29 is 9.53 Å². The Labute approximate surface area is 130 Å². The summed E-state index contributed by atoms with van der Waals surface area (Å²) in [5.74, 6) is -0.355. The minimum atomic E-state index is -0.355. The van der Waals surface area contributed by atoms with E-state index in [9.17, 15) is 9.59 Å². The molecule has 0 unspecified atom stereocenters. The van der Waals surface area contributed by atoms with E-state index < -0.39 is 0 Å². The molecule has 0 fully saturated rings. The van der Waals surface area contributed by atoms with Crippen molar-refractivity contribution in [2.75, 3.05) is 18.6 Å². The van der Waals surface area contributed by atoms with Crippen molar-refractivity contribution in [2.45, 2.75) is 6.92 Å². The Morgan fingerprint density at radius 3 is 2.62 bits per heavy atom. The van der Waals surface area contributed by atoms with E-state index in [1.54, 1.807) is 55.4 Å². The number of nitrogens with zero attached hydrogens (tertiary/aromatic N) is 1. The molecule has 2 aromatic rings. The van der Waals surface area contributed by atoms with Gasteiger partial charge in [0.1, 0.15) is 5.69 Å². The molecule has 1 N–H and O–H groups in total. The van der Waals surface area contributed by atoms with Crippen LogP contribution in [0.2, 0.25) is 0 Å². The summed E-state index contributed by atoms with van der Waals surface area (Å²) in [5, 5.41) is 0. The molecule has 0 amide bonds. The number of carbonyl (C=O) groups excluding carboxylic acids is 1. The fourth-order valence-electron chi connectivity index (χ4n) is 1.87. The average Bonchev–Trinajstić information content (AvgIpc) is 2.49. The highest BCUT2D eigenvalue weighted by atomic mass is 79.9. The molecular formula is C15H15BrN2O3. The zero-order valence-electron chi connectivity index (χ0n) is 11.7. The fraction of sp³-hybridized carbons (Fsp3) is 0.200. The van der Waals surface area contributed by atoms with E-state index in [2.05, 4.69) is 20.9 Å². The molecule has 0 aliphatic carbocycles. The standard InChI is InChI=1S/C15H15BrN2O3/c1-3-21-15(20)10-4-6-12(7-5-10)18(2)13-8-11(16)9-17-14(13)19/h4-9H,3H2,1-2H3,(H,17,19). The van der Waals surface area contributed by atoms with Crippen LogP contribution in [-0.4, -0.2) is 24.6 Å². The maximum Gasteiger partial charge on any atom is 0.338 e. The lowest BCUT2D eigenvalue weighted by atomic mass is 10.2. The number of pyridine rings is 1. The van der Waals surface area contributed by atoms with Crippen molar-refractivity contribution in [3.8, 4) is 0 Å². The van der Waals surface area contributed by atoms with E-state index in [4.69, 9.17) is 4.74 Å². The molecule has 1 heterocycles. The van der Waals surface area contributed by atoms with E-state index in [1.165, 1.54) is 0 Å². The molecule has 0 atom stereocenters. The molecule has 0 aliphatic heterocycles. The first-order chi connectivity index (χ1) is 10.0. The first-order valence-corrected chi connectivity index (χ1v) is 7.21. The summed E-state index contributed by atoms with van der Waals surface area (Å²) in [7, 11) is 1.79. The van der Waals surface area contributed by atoms with Crippen molar-refractivity contribution in [1.29, 1.82) is 0 Å². The molecule has 0 aliphatic rings. The van der Waals surface area contributed by atoms with Crippen LogP contribution in [-0.2, 0) is 4.74 Å². The number of halogens is 1. The van der Waals surface area contributed by atoms with Gasteiger partial charge in [0.15, 0.2) is 0 Å². The predicted molar refractivity (Wildman–Crippen MR) is 85.2 cm³/mol. The number of aromatic nitrogens is 1. The predicted octanol–water partition coefficient (Wildman–Crippen LogP) is 3.08. The third-order valence-corrected chi connectivity index (χ3v) is 3.43. The molecule has 5 nitrogen and oxygen atoms in total. The van der Waals surface area contributed by atoms with Crippen LogP contribution in [0.5, 0.6) is 0 Å². The van der Waals surface area contributed by atoms with E-state index >= 15 is 0 Å². The molecule has 2 rings (SSSR count). The summed E-state index contributed by atoms with van der Waals surface area (Å²) in [5.41, 5.74) is 1.60. The number of ether oxygens (including phenoxy) is 1. The summed E-state index contributed by atoms with van der Waals surface area (Å²) in [6.07, 6.45) is 1.59. The molecular weight excluding hydrogens is 336 g/mol. The number of aromatic amines is 1. The molecule has 0 saturated carbocycles. The number of nitrogens with one attached hydrogen (secondary N) is 1. The third-order valence-electron chi connectivity index (χ3n) is 2.98. The number of rotatable bonds is 4. The molecule has 0 bridgehead atoms. The Morgan fingerprint density at radius 1 is 1.33 bits per heavy atom. The first-order valence-electron chi connectivity index (χ1n) is 6.42. The molecule has 6 heteroatoms. The quantitative estimate of drug-likeness (QED) is 0.860. The van der Waals surface area contributed by atoms with Crippen molar-refractivity contribution in [2.24, 2.45) is 0 Å². The fourth-order valence-corrected chi connectivity index (χ4v) is 2.20. The number of esters is 1. The summed E-state index contributed by atoms with van der Waals surface area (Å²) in [4.78, 5) is 27.8. The number of benzene rings is 1. The van der Waals surface area contributed by atoms with E-state index in [0.29, 0.717) is 17.9 Å². The second-order valence-electron chi connectivity index (χ2n) is 4.36. The van der Waals surface area contributed by atoms with Crippen LogP contribution in [0.4, 0.5) is 11.4 Å². The molecule has 0 spiro atoms. The molecule has 0 saturated heterocycles. The Bertz CT molecular complexity index is 695. The average molecular weight is 351 g/mol. The lowest BCUT2D eigenvalue weighted by Crippen LogP contribution is -2.20. The van der Waals surface area contributed by atoms with Gasteiger partial charge in [0.05, 0.1) is 12.2 Å². The third kappa shape index (κ3) is 3.52. The molecule has 1 aromatic heterocycles. The van der Waals surface area contributed by atoms with Crippen LogP contribution in [0.25, 0.3) is 0 Å². The van der Waals surface area contributed by atoms with Gasteiger partial charge in [0, 0.05) is 23.4 Å². The number of hydrogen-bond acceptors (Lipinski definition) is 4. The van der Waals surface area contributed by atoms with Gasteiger partial charge in [0.2, 0.25) is 0 Å². The number of hydrogen-bond donors (Lipinski definition) is 1. The summed E-state index contributed by atoms with van der Waals surface area (Å²) in [6.45, 7) is 2.10. The van der Waals surface area contributed by atoms with Gasteiger partial charge >= 0.3 is 5.97 Å². The lowest BCUT2D eigenvalue weighted by Gasteiger charge is -2.18. The van der Waals surface area contributed by atoms with Gasteiger partial charge in [-0.3, -0.25) is 4.79 Å². The van der Waals surface area contributed by atoms with Crippen LogP contribution < -0.4 is 10.5 Å². The first kappa shape index (κ1) is 15.3. The Hall–Kier alpha value is -2.08. The highest BCUT2D eigenvalue weighted by Gasteiger charge is 2.11. The van der Waals surface area contributed by atoms with Gasteiger partial charge in [-0.15, -0.1) is 0 Å². The summed E-state index contributed by atoms with van der Waals surface area (Å²) >= 11 is 3.33. The van der Waals surface area contributed by atoms with Crippen molar-refractivity contribution >= 4 is 33.3 Å². The highest BCUT2D eigenvalue weighted by molar-refractivity contribution is 9.10. The van der Waals surface area contributed by atoms with Crippen LogP contribution in [0.3, 0.4) is 0 Å².